The van der Waals surface area contributed by atoms with Crippen LogP contribution in [0.4, 0.5) is 5.69 Å². The molecule has 1 unspecified atom stereocenters. The van der Waals surface area contributed by atoms with Crippen LogP contribution in [0.1, 0.15) is 17.3 Å². The Hall–Kier alpha value is -1.56. The lowest BCUT2D eigenvalue weighted by Crippen LogP contribution is -2.33. The lowest BCUT2D eigenvalue weighted by molar-refractivity contribution is -0.384. The minimum Gasteiger partial charge on any atom is -0.326 e. The molecule has 1 aromatic rings. The van der Waals surface area contributed by atoms with Crippen LogP contribution in [0.3, 0.4) is 0 Å². The SMILES string of the molecule is CC1SCCN1C(=O)c1ccc([N+](=O)[O-])cc1. The largest absolute Gasteiger partial charge is 0.326 e. The van der Waals surface area contributed by atoms with Crippen molar-refractivity contribution in [2.45, 2.75) is 12.3 Å². The summed E-state index contributed by atoms with van der Waals surface area (Å²) in [5, 5.41) is 10.7. The van der Waals surface area contributed by atoms with Crippen molar-refractivity contribution in [1.29, 1.82) is 0 Å². The van der Waals surface area contributed by atoms with Crippen molar-refractivity contribution in [2.24, 2.45) is 0 Å². The number of amides is 1. The first kappa shape index (κ1) is 11.9. The second-order valence-electron chi connectivity index (χ2n) is 3.77. The van der Waals surface area contributed by atoms with Crippen molar-refractivity contribution in [2.75, 3.05) is 12.3 Å². The molecular weight excluding hydrogens is 240 g/mol. The molecule has 2 rings (SSSR count). The molecule has 1 aliphatic rings. The summed E-state index contributed by atoms with van der Waals surface area (Å²) in [6, 6.07) is 5.74. The molecule has 0 aliphatic carbocycles. The lowest BCUT2D eigenvalue weighted by Gasteiger charge is -2.20. The van der Waals surface area contributed by atoms with Crippen molar-refractivity contribution < 1.29 is 9.72 Å². The molecule has 0 N–H and O–H groups in total. The van der Waals surface area contributed by atoms with Gasteiger partial charge in [-0.05, 0) is 19.1 Å². The highest BCUT2D eigenvalue weighted by Crippen LogP contribution is 2.25. The zero-order valence-electron chi connectivity index (χ0n) is 9.33. The van der Waals surface area contributed by atoms with Crippen LogP contribution in [-0.4, -0.2) is 33.4 Å². The molecule has 1 aliphatic heterocycles. The fourth-order valence-electron chi connectivity index (χ4n) is 1.75. The fourth-order valence-corrected chi connectivity index (χ4v) is 2.78. The van der Waals surface area contributed by atoms with Gasteiger partial charge in [-0.15, -0.1) is 11.8 Å². The van der Waals surface area contributed by atoms with Gasteiger partial charge in [0.2, 0.25) is 0 Å². The van der Waals surface area contributed by atoms with Gasteiger partial charge >= 0.3 is 0 Å². The first-order valence-electron chi connectivity index (χ1n) is 5.26. The molecule has 0 bridgehead atoms. The molecule has 1 atom stereocenters. The minimum absolute atomic E-state index is 0.00500. The monoisotopic (exact) mass is 252 g/mol. The second kappa shape index (κ2) is 4.75. The minimum atomic E-state index is -0.470. The van der Waals surface area contributed by atoms with Gasteiger partial charge in [0.05, 0.1) is 10.3 Å². The van der Waals surface area contributed by atoms with Crippen molar-refractivity contribution in [3.05, 3.63) is 39.9 Å². The van der Waals surface area contributed by atoms with E-state index in [1.165, 1.54) is 24.3 Å². The second-order valence-corrected chi connectivity index (χ2v) is 5.20. The average molecular weight is 252 g/mol. The van der Waals surface area contributed by atoms with E-state index in [9.17, 15) is 14.9 Å². The average Bonchev–Trinajstić information content (AvgIpc) is 2.74. The zero-order valence-corrected chi connectivity index (χ0v) is 10.1. The number of carbonyl (C=O) groups is 1. The number of nitro benzene ring substituents is 1. The Balaban J connectivity index is 2.17. The van der Waals surface area contributed by atoms with E-state index in [2.05, 4.69) is 0 Å². The Morgan fingerprint density at radius 3 is 2.59 bits per heavy atom. The summed E-state index contributed by atoms with van der Waals surface area (Å²) < 4.78 is 0. The van der Waals surface area contributed by atoms with Gasteiger partial charge < -0.3 is 4.90 Å². The van der Waals surface area contributed by atoms with Crippen LogP contribution >= 0.6 is 11.8 Å². The first-order valence-corrected chi connectivity index (χ1v) is 6.31. The normalized spacial score (nSPS) is 19.4. The molecule has 0 radical (unpaired) electrons. The smallest absolute Gasteiger partial charge is 0.269 e. The van der Waals surface area contributed by atoms with Crippen LogP contribution in [0.25, 0.3) is 0 Å². The molecule has 1 heterocycles. The summed E-state index contributed by atoms with van der Waals surface area (Å²) in [5.74, 6) is 0.886. The number of thioether (sulfide) groups is 1. The van der Waals surface area contributed by atoms with Crippen LogP contribution in [-0.2, 0) is 0 Å². The van der Waals surface area contributed by atoms with Gasteiger partial charge in [-0.2, -0.15) is 0 Å². The van der Waals surface area contributed by atoms with E-state index in [4.69, 9.17) is 0 Å². The molecule has 1 aromatic carbocycles. The molecule has 6 heteroatoms. The molecule has 0 aromatic heterocycles. The highest BCUT2D eigenvalue weighted by Gasteiger charge is 2.26. The van der Waals surface area contributed by atoms with Crippen LogP contribution in [0.15, 0.2) is 24.3 Å². The van der Waals surface area contributed by atoms with Crippen molar-refractivity contribution in [1.82, 2.24) is 4.90 Å². The van der Waals surface area contributed by atoms with E-state index >= 15 is 0 Å². The topological polar surface area (TPSA) is 63.5 Å². The Morgan fingerprint density at radius 2 is 2.12 bits per heavy atom. The maximum Gasteiger partial charge on any atom is 0.269 e. The van der Waals surface area contributed by atoms with Gasteiger partial charge in [-0.1, -0.05) is 0 Å². The van der Waals surface area contributed by atoms with Crippen LogP contribution < -0.4 is 0 Å². The van der Waals surface area contributed by atoms with Gasteiger partial charge in [0.1, 0.15) is 0 Å². The van der Waals surface area contributed by atoms with Crippen molar-refractivity contribution in [3.63, 3.8) is 0 Å². The Kier molecular flexibility index (Phi) is 3.33. The number of hydrogen-bond donors (Lipinski definition) is 0. The Labute approximate surface area is 103 Å². The first-order chi connectivity index (χ1) is 8.09. The number of non-ortho nitro benzene ring substituents is 1. The lowest BCUT2D eigenvalue weighted by atomic mass is 10.2. The number of nitrogens with zero attached hydrogens (tertiary/aromatic N) is 2. The predicted molar refractivity (Wildman–Crippen MR) is 66.1 cm³/mol. The third kappa shape index (κ3) is 2.41. The van der Waals surface area contributed by atoms with Gasteiger partial charge in [-0.3, -0.25) is 14.9 Å². The number of carbonyl (C=O) groups excluding carboxylic acids is 1. The fraction of sp³-hybridized carbons (Fsp3) is 0.364. The number of benzene rings is 1. The van der Waals surface area contributed by atoms with Gasteiger partial charge in [0.15, 0.2) is 0 Å². The summed E-state index contributed by atoms with van der Waals surface area (Å²) in [7, 11) is 0. The molecule has 1 fully saturated rings. The predicted octanol–water partition coefficient (Wildman–Crippen LogP) is 2.13. The molecule has 90 valence electrons. The molecule has 0 saturated carbocycles. The summed E-state index contributed by atoms with van der Waals surface area (Å²) in [6.07, 6.45) is 0. The highest BCUT2D eigenvalue weighted by atomic mass is 32.2. The standard InChI is InChI=1S/C11H12N2O3S/c1-8-12(6-7-17-8)11(14)9-2-4-10(5-3-9)13(15)16/h2-5,8H,6-7H2,1H3. The summed E-state index contributed by atoms with van der Waals surface area (Å²) in [5.41, 5.74) is 0.510. The van der Waals surface area contributed by atoms with Crippen LogP contribution in [0.2, 0.25) is 0 Å². The van der Waals surface area contributed by atoms with Crippen LogP contribution in [0.5, 0.6) is 0 Å². The highest BCUT2D eigenvalue weighted by molar-refractivity contribution is 8.00. The van der Waals surface area contributed by atoms with E-state index in [1.54, 1.807) is 16.7 Å². The van der Waals surface area contributed by atoms with Crippen molar-refractivity contribution >= 4 is 23.4 Å². The van der Waals surface area contributed by atoms with E-state index in [0.29, 0.717) is 5.56 Å². The van der Waals surface area contributed by atoms with Crippen LogP contribution in [0, 0.1) is 10.1 Å². The summed E-state index contributed by atoms with van der Waals surface area (Å²) in [6.45, 7) is 2.72. The Bertz CT molecular complexity index is 447. The number of nitro groups is 1. The third-order valence-electron chi connectivity index (χ3n) is 2.72. The van der Waals surface area contributed by atoms with E-state index in [0.717, 1.165) is 12.3 Å². The van der Waals surface area contributed by atoms with E-state index < -0.39 is 4.92 Å². The summed E-state index contributed by atoms with van der Waals surface area (Å²) in [4.78, 5) is 23.9. The molecule has 1 saturated heterocycles. The quantitative estimate of drug-likeness (QED) is 0.597. The molecule has 17 heavy (non-hydrogen) atoms. The summed E-state index contributed by atoms with van der Waals surface area (Å²) >= 11 is 1.73. The number of rotatable bonds is 2. The Morgan fingerprint density at radius 1 is 1.47 bits per heavy atom. The third-order valence-corrected chi connectivity index (χ3v) is 3.87. The van der Waals surface area contributed by atoms with Gasteiger partial charge in [-0.25, -0.2) is 0 Å². The number of hydrogen-bond acceptors (Lipinski definition) is 4. The molecule has 1 amide bonds. The molecular formula is C11H12N2O3S. The molecule has 0 spiro atoms. The maximum absolute atomic E-state index is 12.1. The van der Waals surface area contributed by atoms with E-state index in [1.807, 2.05) is 6.92 Å². The maximum atomic E-state index is 12.1. The van der Waals surface area contributed by atoms with E-state index in [-0.39, 0.29) is 17.0 Å². The van der Waals surface area contributed by atoms with Gasteiger partial charge in [0.25, 0.3) is 11.6 Å². The van der Waals surface area contributed by atoms with Crippen molar-refractivity contribution in [3.8, 4) is 0 Å². The van der Waals surface area contributed by atoms with Gasteiger partial charge in [0, 0.05) is 30.0 Å². The zero-order chi connectivity index (χ0) is 12.4. The molecule has 5 nitrogen and oxygen atoms in total.